The number of nitrogens with zero attached hydrogens (tertiary/aromatic N) is 3. The van der Waals surface area contributed by atoms with Gasteiger partial charge in [-0.2, -0.15) is 5.10 Å². The van der Waals surface area contributed by atoms with Crippen molar-refractivity contribution in [1.82, 2.24) is 15.1 Å². The van der Waals surface area contributed by atoms with Crippen molar-refractivity contribution in [1.29, 1.82) is 0 Å². The van der Waals surface area contributed by atoms with E-state index in [4.69, 9.17) is 4.74 Å². The number of carbonyl (C=O) groups is 2. The summed E-state index contributed by atoms with van der Waals surface area (Å²) in [6.45, 7) is 2.52. The molecule has 0 atom stereocenters. The van der Waals surface area contributed by atoms with Gasteiger partial charge in [-0.05, 0) is 6.92 Å². The van der Waals surface area contributed by atoms with Crippen molar-refractivity contribution in [2.75, 3.05) is 38.8 Å². The SMILES string of the molecule is COCCNC(=O)CN(C)c1c(C(=O)O)c(C)nn1C. The molecule has 1 amide bonds. The Bertz CT molecular complexity index is 498. The highest BCUT2D eigenvalue weighted by atomic mass is 16.5. The molecule has 1 aromatic heterocycles. The first-order valence-corrected chi connectivity index (χ1v) is 6.12. The van der Waals surface area contributed by atoms with Crippen molar-refractivity contribution >= 4 is 17.7 Å². The number of hydrogen-bond donors (Lipinski definition) is 2. The molecule has 0 aliphatic rings. The summed E-state index contributed by atoms with van der Waals surface area (Å²) in [5, 5.41) is 16.0. The molecule has 1 aromatic rings. The molecule has 0 unspecified atom stereocenters. The molecular weight excluding hydrogens is 264 g/mol. The minimum Gasteiger partial charge on any atom is -0.477 e. The van der Waals surface area contributed by atoms with Gasteiger partial charge >= 0.3 is 5.97 Å². The van der Waals surface area contributed by atoms with Crippen LogP contribution in [0, 0.1) is 6.92 Å². The smallest absolute Gasteiger partial charge is 0.341 e. The lowest BCUT2D eigenvalue weighted by Gasteiger charge is -2.19. The van der Waals surface area contributed by atoms with Crippen LogP contribution in [0.3, 0.4) is 0 Å². The number of rotatable bonds is 7. The van der Waals surface area contributed by atoms with Crippen LogP contribution in [0.15, 0.2) is 0 Å². The van der Waals surface area contributed by atoms with Crippen LogP contribution in [-0.2, 0) is 16.6 Å². The highest BCUT2D eigenvalue weighted by molar-refractivity contribution is 5.95. The van der Waals surface area contributed by atoms with Gasteiger partial charge in [0, 0.05) is 27.7 Å². The second-order valence-corrected chi connectivity index (χ2v) is 4.41. The summed E-state index contributed by atoms with van der Waals surface area (Å²) in [6, 6.07) is 0. The van der Waals surface area contributed by atoms with Gasteiger partial charge in [0.2, 0.25) is 5.91 Å². The molecule has 0 radical (unpaired) electrons. The van der Waals surface area contributed by atoms with Crippen molar-refractivity contribution in [3.63, 3.8) is 0 Å². The molecule has 8 heteroatoms. The lowest BCUT2D eigenvalue weighted by Crippen LogP contribution is -2.37. The van der Waals surface area contributed by atoms with Gasteiger partial charge in [-0.3, -0.25) is 9.48 Å². The molecular formula is C12H20N4O4. The van der Waals surface area contributed by atoms with E-state index in [0.29, 0.717) is 24.7 Å². The summed E-state index contributed by atoms with van der Waals surface area (Å²) in [5.74, 6) is -0.867. The average Bonchev–Trinajstić information content (AvgIpc) is 2.64. The van der Waals surface area contributed by atoms with E-state index in [0.717, 1.165) is 0 Å². The maximum atomic E-state index is 11.7. The molecule has 8 nitrogen and oxygen atoms in total. The van der Waals surface area contributed by atoms with Crippen molar-refractivity contribution in [3.8, 4) is 0 Å². The molecule has 0 aromatic carbocycles. The van der Waals surface area contributed by atoms with Crippen molar-refractivity contribution in [3.05, 3.63) is 11.3 Å². The summed E-state index contributed by atoms with van der Waals surface area (Å²) in [6.07, 6.45) is 0. The lowest BCUT2D eigenvalue weighted by molar-refractivity contribution is -0.119. The summed E-state index contributed by atoms with van der Waals surface area (Å²) in [4.78, 5) is 24.5. The first-order valence-electron chi connectivity index (χ1n) is 6.12. The Kier molecular flexibility index (Phi) is 5.51. The van der Waals surface area contributed by atoms with E-state index in [2.05, 4.69) is 10.4 Å². The summed E-state index contributed by atoms with van der Waals surface area (Å²) < 4.78 is 6.29. The van der Waals surface area contributed by atoms with Crippen LogP contribution in [0.4, 0.5) is 5.82 Å². The number of likely N-dealkylation sites (N-methyl/N-ethyl adjacent to an activating group) is 1. The normalized spacial score (nSPS) is 10.4. The zero-order valence-electron chi connectivity index (χ0n) is 12.1. The Balaban J connectivity index is 2.80. The third-order valence-electron chi connectivity index (χ3n) is 2.78. The molecule has 1 rings (SSSR count). The minimum absolute atomic E-state index is 0.0446. The zero-order chi connectivity index (χ0) is 15.3. The second kappa shape index (κ2) is 6.90. The zero-order valence-corrected chi connectivity index (χ0v) is 12.1. The van der Waals surface area contributed by atoms with Crippen LogP contribution in [0.25, 0.3) is 0 Å². The van der Waals surface area contributed by atoms with Gasteiger partial charge in [-0.1, -0.05) is 0 Å². The molecule has 20 heavy (non-hydrogen) atoms. The molecule has 0 aliphatic carbocycles. The first-order chi connectivity index (χ1) is 9.38. The summed E-state index contributed by atoms with van der Waals surface area (Å²) in [7, 11) is 4.85. The number of aryl methyl sites for hydroxylation is 2. The molecule has 0 saturated carbocycles. The number of methoxy groups -OCH3 is 1. The third-order valence-corrected chi connectivity index (χ3v) is 2.78. The number of carboxylic acids is 1. The number of carbonyl (C=O) groups excluding carboxylic acids is 1. The first kappa shape index (κ1) is 16.0. The van der Waals surface area contributed by atoms with Gasteiger partial charge in [-0.15, -0.1) is 0 Å². The number of nitrogens with one attached hydrogen (secondary N) is 1. The van der Waals surface area contributed by atoms with Crippen LogP contribution < -0.4 is 10.2 Å². The molecule has 0 saturated heterocycles. The Morgan fingerprint density at radius 3 is 2.70 bits per heavy atom. The van der Waals surface area contributed by atoms with Crippen LogP contribution >= 0.6 is 0 Å². The topological polar surface area (TPSA) is 96.7 Å². The highest BCUT2D eigenvalue weighted by Gasteiger charge is 2.23. The fourth-order valence-electron chi connectivity index (χ4n) is 1.97. The Morgan fingerprint density at radius 2 is 2.15 bits per heavy atom. The van der Waals surface area contributed by atoms with Crippen LogP contribution in [0.5, 0.6) is 0 Å². The van der Waals surface area contributed by atoms with Gasteiger partial charge in [0.05, 0.1) is 18.8 Å². The number of carboxylic acid groups (broad SMARTS) is 1. The standard InChI is InChI=1S/C12H20N4O4/c1-8-10(12(18)19)11(16(3)14-8)15(2)7-9(17)13-5-6-20-4/h5-7H2,1-4H3,(H,13,17)(H,18,19). The number of aromatic nitrogens is 2. The highest BCUT2D eigenvalue weighted by Crippen LogP contribution is 2.21. The van der Waals surface area contributed by atoms with E-state index in [1.807, 2.05) is 0 Å². The lowest BCUT2D eigenvalue weighted by atomic mass is 10.2. The monoisotopic (exact) mass is 284 g/mol. The third kappa shape index (κ3) is 3.70. The van der Waals surface area contributed by atoms with Crippen molar-refractivity contribution < 1.29 is 19.4 Å². The van der Waals surface area contributed by atoms with Crippen molar-refractivity contribution in [2.24, 2.45) is 7.05 Å². The number of hydrogen-bond acceptors (Lipinski definition) is 5. The van der Waals surface area contributed by atoms with E-state index < -0.39 is 5.97 Å². The Morgan fingerprint density at radius 1 is 1.50 bits per heavy atom. The van der Waals surface area contributed by atoms with E-state index in [1.165, 1.54) is 4.68 Å². The molecule has 112 valence electrons. The molecule has 0 fully saturated rings. The number of amides is 1. The molecule has 0 bridgehead atoms. The second-order valence-electron chi connectivity index (χ2n) is 4.41. The van der Waals surface area contributed by atoms with E-state index in [1.54, 1.807) is 33.0 Å². The average molecular weight is 284 g/mol. The predicted molar refractivity (Wildman–Crippen MR) is 73.1 cm³/mol. The number of aromatic carboxylic acids is 1. The van der Waals surface area contributed by atoms with Gasteiger partial charge in [0.1, 0.15) is 11.4 Å². The van der Waals surface area contributed by atoms with Gasteiger partial charge < -0.3 is 20.1 Å². The molecule has 2 N–H and O–H groups in total. The van der Waals surface area contributed by atoms with Crippen LogP contribution in [0.1, 0.15) is 16.1 Å². The van der Waals surface area contributed by atoms with E-state index >= 15 is 0 Å². The maximum absolute atomic E-state index is 11.7. The van der Waals surface area contributed by atoms with E-state index in [9.17, 15) is 14.7 Å². The number of anilines is 1. The van der Waals surface area contributed by atoms with Gasteiger partial charge in [0.15, 0.2) is 0 Å². The van der Waals surface area contributed by atoms with Crippen molar-refractivity contribution in [2.45, 2.75) is 6.92 Å². The Hall–Kier alpha value is -2.09. The maximum Gasteiger partial charge on any atom is 0.341 e. The van der Waals surface area contributed by atoms with Gasteiger partial charge in [-0.25, -0.2) is 4.79 Å². The van der Waals surface area contributed by atoms with Crippen LogP contribution in [-0.4, -0.2) is 60.6 Å². The molecule has 1 heterocycles. The quantitative estimate of drug-likeness (QED) is 0.663. The van der Waals surface area contributed by atoms with Gasteiger partial charge in [0.25, 0.3) is 0 Å². The predicted octanol–water partition coefficient (Wildman–Crippen LogP) is -0.374. The molecule has 0 aliphatic heterocycles. The minimum atomic E-state index is -1.06. The number of ether oxygens (including phenoxy) is 1. The van der Waals surface area contributed by atoms with E-state index in [-0.39, 0.29) is 18.0 Å². The molecule has 0 spiro atoms. The summed E-state index contributed by atoms with van der Waals surface area (Å²) in [5.41, 5.74) is 0.529. The summed E-state index contributed by atoms with van der Waals surface area (Å²) >= 11 is 0. The van der Waals surface area contributed by atoms with Crippen LogP contribution in [0.2, 0.25) is 0 Å². The fourth-order valence-corrected chi connectivity index (χ4v) is 1.97. The fraction of sp³-hybridized carbons (Fsp3) is 0.583. The largest absolute Gasteiger partial charge is 0.477 e. The Labute approximate surface area is 117 Å².